The van der Waals surface area contributed by atoms with Crippen LogP contribution in [-0.4, -0.2) is 10.8 Å². The molecule has 0 fully saturated rings. The number of pyridine rings is 1. The maximum absolute atomic E-state index is 12.2. The standard InChI is InChI=1S/C14H11BrClNO/c1-9-4-11(6-12(15)5-9)14(18)7-10-2-3-17-8-13(10)16/h2-6,8H,7H2,1H3. The molecular formula is C14H11BrClNO. The number of ketones is 1. The molecule has 2 rings (SSSR count). The van der Waals surface area contributed by atoms with Gasteiger partial charge in [0.15, 0.2) is 5.78 Å². The number of benzene rings is 1. The van der Waals surface area contributed by atoms with Crippen molar-refractivity contribution in [1.82, 2.24) is 4.98 Å². The van der Waals surface area contributed by atoms with Gasteiger partial charge < -0.3 is 0 Å². The van der Waals surface area contributed by atoms with Crippen molar-refractivity contribution in [2.24, 2.45) is 0 Å². The van der Waals surface area contributed by atoms with Crippen molar-refractivity contribution in [1.29, 1.82) is 0 Å². The number of aromatic nitrogens is 1. The number of nitrogens with zero attached hydrogens (tertiary/aromatic N) is 1. The number of hydrogen-bond donors (Lipinski definition) is 0. The van der Waals surface area contributed by atoms with E-state index in [1.807, 2.05) is 25.1 Å². The van der Waals surface area contributed by atoms with Gasteiger partial charge in [-0.3, -0.25) is 9.78 Å². The summed E-state index contributed by atoms with van der Waals surface area (Å²) in [7, 11) is 0. The Labute approximate surface area is 119 Å². The third-order valence-corrected chi connectivity index (χ3v) is 3.37. The van der Waals surface area contributed by atoms with Gasteiger partial charge in [0.25, 0.3) is 0 Å². The first-order chi connectivity index (χ1) is 8.56. The molecule has 1 aromatic heterocycles. The lowest BCUT2D eigenvalue weighted by Crippen LogP contribution is -2.04. The van der Waals surface area contributed by atoms with Gasteiger partial charge in [0.2, 0.25) is 0 Å². The second-order valence-electron chi connectivity index (χ2n) is 4.08. The monoisotopic (exact) mass is 323 g/mol. The minimum Gasteiger partial charge on any atom is -0.294 e. The Bertz CT molecular complexity index is 578. The van der Waals surface area contributed by atoms with Crippen LogP contribution in [0.5, 0.6) is 0 Å². The first-order valence-electron chi connectivity index (χ1n) is 5.45. The molecule has 0 bridgehead atoms. The van der Waals surface area contributed by atoms with Crippen LogP contribution in [0.1, 0.15) is 21.5 Å². The highest BCUT2D eigenvalue weighted by Crippen LogP contribution is 2.19. The van der Waals surface area contributed by atoms with Gasteiger partial charge in [-0.05, 0) is 42.3 Å². The lowest BCUT2D eigenvalue weighted by Gasteiger charge is -2.05. The first kappa shape index (κ1) is 13.2. The van der Waals surface area contributed by atoms with Gasteiger partial charge in [0.1, 0.15) is 0 Å². The Balaban J connectivity index is 2.25. The molecule has 2 nitrogen and oxygen atoms in total. The molecule has 0 saturated heterocycles. The Hall–Kier alpha value is -1.19. The smallest absolute Gasteiger partial charge is 0.167 e. The van der Waals surface area contributed by atoms with Gasteiger partial charge in [-0.2, -0.15) is 0 Å². The molecule has 0 amide bonds. The molecule has 1 aromatic carbocycles. The highest BCUT2D eigenvalue weighted by molar-refractivity contribution is 9.10. The molecule has 0 aliphatic carbocycles. The third-order valence-electron chi connectivity index (χ3n) is 2.57. The van der Waals surface area contributed by atoms with Crippen molar-refractivity contribution in [2.45, 2.75) is 13.3 Å². The largest absolute Gasteiger partial charge is 0.294 e. The molecule has 0 radical (unpaired) electrons. The van der Waals surface area contributed by atoms with E-state index in [2.05, 4.69) is 20.9 Å². The third kappa shape index (κ3) is 3.18. The van der Waals surface area contributed by atoms with Crippen molar-refractivity contribution in [2.75, 3.05) is 0 Å². The Morgan fingerprint density at radius 3 is 2.83 bits per heavy atom. The van der Waals surface area contributed by atoms with Gasteiger partial charge in [-0.15, -0.1) is 0 Å². The molecule has 0 aliphatic heterocycles. The van der Waals surface area contributed by atoms with E-state index < -0.39 is 0 Å². The fraction of sp³-hybridized carbons (Fsp3) is 0.143. The molecule has 18 heavy (non-hydrogen) atoms. The fourth-order valence-electron chi connectivity index (χ4n) is 1.72. The summed E-state index contributed by atoms with van der Waals surface area (Å²) in [5.74, 6) is 0.0486. The predicted molar refractivity (Wildman–Crippen MR) is 76.2 cm³/mol. The topological polar surface area (TPSA) is 30.0 Å². The number of carbonyl (C=O) groups excluding carboxylic acids is 1. The van der Waals surface area contributed by atoms with Crippen molar-refractivity contribution >= 4 is 33.3 Å². The number of hydrogen-bond acceptors (Lipinski definition) is 2. The summed E-state index contributed by atoms with van der Waals surface area (Å²) >= 11 is 9.39. The summed E-state index contributed by atoms with van der Waals surface area (Å²) in [6.07, 6.45) is 3.48. The first-order valence-corrected chi connectivity index (χ1v) is 6.62. The van der Waals surface area contributed by atoms with E-state index in [-0.39, 0.29) is 12.2 Å². The lowest BCUT2D eigenvalue weighted by molar-refractivity contribution is 0.0993. The van der Waals surface area contributed by atoms with E-state index in [0.29, 0.717) is 10.6 Å². The van der Waals surface area contributed by atoms with E-state index in [9.17, 15) is 4.79 Å². The number of rotatable bonds is 3. The predicted octanol–water partition coefficient (Wildman–Crippen LogP) is 4.23. The van der Waals surface area contributed by atoms with Gasteiger partial charge in [-0.25, -0.2) is 0 Å². The average molecular weight is 325 g/mol. The summed E-state index contributed by atoms with van der Waals surface area (Å²) in [6.45, 7) is 1.96. The van der Waals surface area contributed by atoms with E-state index in [4.69, 9.17) is 11.6 Å². The molecule has 92 valence electrons. The summed E-state index contributed by atoms with van der Waals surface area (Å²) in [4.78, 5) is 16.1. The van der Waals surface area contributed by atoms with Crippen LogP contribution in [-0.2, 0) is 6.42 Å². The summed E-state index contributed by atoms with van der Waals surface area (Å²) in [5.41, 5.74) is 2.54. The van der Waals surface area contributed by atoms with Crippen LogP contribution >= 0.6 is 27.5 Å². The highest BCUT2D eigenvalue weighted by atomic mass is 79.9. The van der Waals surface area contributed by atoms with Crippen LogP contribution in [0, 0.1) is 6.92 Å². The number of Topliss-reactive ketones (excluding diaryl/α,β-unsaturated/α-hetero) is 1. The second kappa shape index (κ2) is 5.63. The Kier molecular flexibility index (Phi) is 4.15. The lowest BCUT2D eigenvalue weighted by atomic mass is 10.0. The molecule has 4 heteroatoms. The maximum atomic E-state index is 12.2. The van der Waals surface area contributed by atoms with E-state index in [1.54, 1.807) is 18.5 Å². The number of carbonyl (C=O) groups is 1. The van der Waals surface area contributed by atoms with E-state index in [1.165, 1.54) is 0 Å². The summed E-state index contributed by atoms with van der Waals surface area (Å²) in [6, 6.07) is 7.44. The molecule has 0 atom stereocenters. The molecule has 0 unspecified atom stereocenters. The normalized spacial score (nSPS) is 10.4. The molecule has 0 N–H and O–H groups in total. The zero-order valence-corrected chi connectivity index (χ0v) is 12.1. The van der Waals surface area contributed by atoms with Crippen LogP contribution in [0.4, 0.5) is 0 Å². The minimum absolute atomic E-state index is 0.0486. The zero-order valence-electron chi connectivity index (χ0n) is 9.78. The van der Waals surface area contributed by atoms with Crippen LogP contribution < -0.4 is 0 Å². The molecule has 2 aromatic rings. The van der Waals surface area contributed by atoms with E-state index in [0.717, 1.165) is 15.6 Å². The average Bonchev–Trinajstić information content (AvgIpc) is 2.31. The maximum Gasteiger partial charge on any atom is 0.167 e. The van der Waals surface area contributed by atoms with Crippen LogP contribution in [0.2, 0.25) is 5.02 Å². The van der Waals surface area contributed by atoms with Gasteiger partial charge in [0.05, 0.1) is 5.02 Å². The second-order valence-corrected chi connectivity index (χ2v) is 5.41. The molecule has 1 heterocycles. The molecule has 0 aliphatic rings. The Morgan fingerprint density at radius 2 is 2.17 bits per heavy atom. The van der Waals surface area contributed by atoms with Crippen molar-refractivity contribution in [3.63, 3.8) is 0 Å². The van der Waals surface area contributed by atoms with Crippen LogP contribution in [0.15, 0.2) is 41.1 Å². The molecular weight excluding hydrogens is 314 g/mol. The quantitative estimate of drug-likeness (QED) is 0.791. The van der Waals surface area contributed by atoms with Crippen LogP contribution in [0.3, 0.4) is 0 Å². The van der Waals surface area contributed by atoms with Crippen molar-refractivity contribution in [3.05, 3.63) is 62.8 Å². The summed E-state index contributed by atoms with van der Waals surface area (Å²) in [5, 5.41) is 0.526. The van der Waals surface area contributed by atoms with Crippen molar-refractivity contribution in [3.8, 4) is 0 Å². The Morgan fingerprint density at radius 1 is 1.39 bits per heavy atom. The number of halogens is 2. The molecule has 0 spiro atoms. The van der Waals surface area contributed by atoms with Gasteiger partial charge >= 0.3 is 0 Å². The van der Waals surface area contributed by atoms with Crippen molar-refractivity contribution < 1.29 is 4.79 Å². The fourth-order valence-corrected chi connectivity index (χ4v) is 2.51. The van der Waals surface area contributed by atoms with Crippen LogP contribution in [0.25, 0.3) is 0 Å². The highest BCUT2D eigenvalue weighted by Gasteiger charge is 2.10. The zero-order chi connectivity index (χ0) is 13.1. The van der Waals surface area contributed by atoms with Gasteiger partial charge in [0, 0.05) is 28.9 Å². The number of aryl methyl sites for hydroxylation is 1. The summed E-state index contributed by atoms with van der Waals surface area (Å²) < 4.78 is 0.909. The SMILES string of the molecule is Cc1cc(Br)cc(C(=O)Cc2ccncc2Cl)c1. The van der Waals surface area contributed by atoms with Gasteiger partial charge in [-0.1, -0.05) is 27.5 Å². The van der Waals surface area contributed by atoms with E-state index >= 15 is 0 Å². The minimum atomic E-state index is 0.0486. The molecule has 0 saturated carbocycles.